The van der Waals surface area contributed by atoms with Crippen molar-refractivity contribution in [1.82, 2.24) is 10.2 Å². The highest BCUT2D eigenvalue weighted by molar-refractivity contribution is 8.00. The van der Waals surface area contributed by atoms with Crippen molar-refractivity contribution in [3.05, 3.63) is 101 Å². The van der Waals surface area contributed by atoms with Gasteiger partial charge in [-0.2, -0.15) is 0 Å². The third kappa shape index (κ3) is 7.37. The van der Waals surface area contributed by atoms with Crippen LogP contribution in [-0.4, -0.2) is 35.1 Å². The summed E-state index contributed by atoms with van der Waals surface area (Å²) < 4.78 is 0. The zero-order valence-electron chi connectivity index (χ0n) is 19.0. The van der Waals surface area contributed by atoms with E-state index in [9.17, 15) is 9.59 Å². The molecule has 2 amide bonds. The molecule has 0 radical (unpaired) electrons. The molecule has 3 rings (SSSR count). The van der Waals surface area contributed by atoms with E-state index in [1.165, 1.54) is 11.8 Å². The Balaban J connectivity index is 1.89. The lowest BCUT2D eigenvalue weighted by atomic mass is 10.0. The molecule has 3 aromatic carbocycles. The molecule has 33 heavy (non-hydrogen) atoms. The molecular formula is C27H29ClN2O2S. The number of nitrogens with zero attached hydrogens (tertiary/aromatic N) is 1. The highest BCUT2D eigenvalue weighted by Crippen LogP contribution is 2.23. The molecule has 0 unspecified atom stereocenters. The molecule has 3 aromatic rings. The van der Waals surface area contributed by atoms with Gasteiger partial charge in [-0.25, -0.2) is 0 Å². The van der Waals surface area contributed by atoms with Crippen LogP contribution in [0.5, 0.6) is 0 Å². The number of likely N-dealkylation sites (N-methyl/N-ethyl adjacent to an activating group) is 1. The Morgan fingerprint density at radius 2 is 1.64 bits per heavy atom. The number of amides is 2. The molecule has 0 aromatic heterocycles. The molecule has 1 N–H and O–H groups in total. The smallest absolute Gasteiger partial charge is 0.243 e. The van der Waals surface area contributed by atoms with E-state index in [1.807, 2.05) is 92.7 Å². The molecule has 0 aliphatic rings. The number of carbonyl (C=O) groups is 2. The number of rotatable bonds is 10. The molecule has 1 atom stereocenters. The summed E-state index contributed by atoms with van der Waals surface area (Å²) in [6.07, 6.45) is 0.454. The lowest BCUT2D eigenvalue weighted by Gasteiger charge is -2.32. The fraction of sp³-hybridized carbons (Fsp3) is 0.259. The van der Waals surface area contributed by atoms with Gasteiger partial charge in [-0.05, 0) is 54.8 Å². The Labute approximate surface area is 205 Å². The standard InChI is InChI=1S/C27H29ClN2O2S/c1-3-29-27(32)25(17-21-10-5-4-6-11-21)30(18-22-12-8-7-9-20(22)2)26(31)19-33-24-15-13-23(28)14-16-24/h4-16,25H,3,17-19H2,1-2H3,(H,29,32)/t25-/m0/s1. The zero-order valence-corrected chi connectivity index (χ0v) is 20.5. The van der Waals surface area contributed by atoms with E-state index in [1.54, 1.807) is 4.90 Å². The largest absolute Gasteiger partial charge is 0.355 e. The number of nitrogens with one attached hydrogen (secondary N) is 1. The molecule has 172 valence electrons. The molecule has 0 saturated carbocycles. The maximum absolute atomic E-state index is 13.5. The molecule has 0 saturated heterocycles. The monoisotopic (exact) mass is 480 g/mol. The van der Waals surface area contributed by atoms with Gasteiger partial charge in [-0.15, -0.1) is 11.8 Å². The Bertz CT molecular complexity index is 1060. The van der Waals surface area contributed by atoms with Crippen LogP contribution in [0.1, 0.15) is 23.6 Å². The third-order valence-electron chi connectivity index (χ3n) is 5.40. The molecule has 0 fully saturated rings. The highest BCUT2D eigenvalue weighted by atomic mass is 35.5. The van der Waals surface area contributed by atoms with Crippen LogP contribution in [0.3, 0.4) is 0 Å². The van der Waals surface area contributed by atoms with Crippen LogP contribution < -0.4 is 5.32 Å². The minimum atomic E-state index is -0.606. The summed E-state index contributed by atoms with van der Waals surface area (Å²) in [5.41, 5.74) is 3.14. The number of halogens is 1. The van der Waals surface area contributed by atoms with Crippen molar-refractivity contribution >= 4 is 35.2 Å². The van der Waals surface area contributed by atoms with Gasteiger partial charge >= 0.3 is 0 Å². The second kappa shape index (κ2) is 12.5. The first kappa shape index (κ1) is 24.9. The van der Waals surface area contributed by atoms with Crippen molar-refractivity contribution in [3.63, 3.8) is 0 Å². The Hall–Kier alpha value is -2.76. The molecule has 4 nitrogen and oxygen atoms in total. The number of benzene rings is 3. The van der Waals surface area contributed by atoms with Crippen LogP contribution in [0.15, 0.2) is 83.8 Å². The van der Waals surface area contributed by atoms with Gasteiger partial charge in [0.2, 0.25) is 11.8 Å². The minimum Gasteiger partial charge on any atom is -0.355 e. The van der Waals surface area contributed by atoms with Gasteiger partial charge in [-0.3, -0.25) is 9.59 Å². The fourth-order valence-electron chi connectivity index (χ4n) is 3.58. The Kier molecular flexibility index (Phi) is 9.40. The molecule has 6 heteroatoms. The number of thioether (sulfide) groups is 1. The van der Waals surface area contributed by atoms with E-state index in [-0.39, 0.29) is 17.6 Å². The summed E-state index contributed by atoms with van der Waals surface area (Å²) in [4.78, 5) is 29.4. The SMILES string of the molecule is CCNC(=O)[C@H](Cc1ccccc1)N(Cc1ccccc1C)C(=O)CSc1ccc(Cl)cc1. The van der Waals surface area contributed by atoms with Crippen LogP contribution in [0, 0.1) is 6.92 Å². The van der Waals surface area contributed by atoms with Crippen molar-refractivity contribution in [2.75, 3.05) is 12.3 Å². The average Bonchev–Trinajstić information content (AvgIpc) is 2.82. The van der Waals surface area contributed by atoms with Gasteiger partial charge in [0.25, 0.3) is 0 Å². The highest BCUT2D eigenvalue weighted by Gasteiger charge is 2.30. The van der Waals surface area contributed by atoms with Gasteiger partial charge in [0.1, 0.15) is 6.04 Å². The summed E-state index contributed by atoms with van der Waals surface area (Å²) in [5, 5.41) is 3.59. The lowest BCUT2D eigenvalue weighted by Crippen LogP contribution is -2.51. The molecule has 0 heterocycles. The number of aryl methyl sites for hydroxylation is 1. The summed E-state index contributed by atoms with van der Waals surface area (Å²) in [6, 6.07) is 24.6. The quantitative estimate of drug-likeness (QED) is 0.389. The number of hydrogen-bond donors (Lipinski definition) is 1. The van der Waals surface area contributed by atoms with E-state index in [4.69, 9.17) is 11.6 Å². The second-order valence-corrected chi connectivity index (χ2v) is 9.28. The van der Waals surface area contributed by atoms with E-state index in [0.29, 0.717) is 24.5 Å². The molecule has 0 bridgehead atoms. The first-order valence-electron chi connectivity index (χ1n) is 11.0. The number of hydrogen-bond acceptors (Lipinski definition) is 3. The fourth-order valence-corrected chi connectivity index (χ4v) is 4.49. The normalized spacial score (nSPS) is 11.6. The Morgan fingerprint density at radius 1 is 0.970 bits per heavy atom. The van der Waals surface area contributed by atoms with Crippen molar-refractivity contribution < 1.29 is 9.59 Å². The van der Waals surface area contributed by atoms with Crippen LogP contribution in [-0.2, 0) is 22.6 Å². The van der Waals surface area contributed by atoms with E-state index < -0.39 is 6.04 Å². The van der Waals surface area contributed by atoms with Gasteiger partial charge < -0.3 is 10.2 Å². The summed E-state index contributed by atoms with van der Waals surface area (Å²) in [6.45, 7) is 4.80. The molecule has 0 aliphatic carbocycles. The minimum absolute atomic E-state index is 0.0783. The number of carbonyl (C=O) groups excluding carboxylic acids is 2. The van der Waals surface area contributed by atoms with Gasteiger partial charge in [0, 0.05) is 29.4 Å². The van der Waals surface area contributed by atoms with E-state index in [2.05, 4.69) is 5.32 Å². The topological polar surface area (TPSA) is 49.4 Å². The van der Waals surface area contributed by atoms with Gasteiger partial charge in [-0.1, -0.05) is 66.2 Å². The predicted octanol–water partition coefficient (Wildman–Crippen LogP) is 5.52. The average molecular weight is 481 g/mol. The van der Waals surface area contributed by atoms with E-state index >= 15 is 0 Å². The van der Waals surface area contributed by atoms with Crippen LogP contribution in [0.25, 0.3) is 0 Å². The third-order valence-corrected chi connectivity index (χ3v) is 6.65. The zero-order chi connectivity index (χ0) is 23.6. The summed E-state index contributed by atoms with van der Waals surface area (Å²) in [7, 11) is 0. The Morgan fingerprint density at radius 3 is 2.30 bits per heavy atom. The van der Waals surface area contributed by atoms with Crippen molar-refractivity contribution in [2.45, 2.75) is 37.8 Å². The maximum atomic E-state index is 13.5. The first-order valence-corrected chi connectivity index (χ1v) is 12.4. The summed E-state index contributed by atoms with van der Waals surface area (Å²) in [5.74, 6) is 0.0169. The van der Waals surface area contributed by atoms with Crippen molar-refractivity contribution in [2.24, 2.45) is 0 Å². The molecule has 0 spiro atoms. The van der Waals surface area contributed by atoms with Crippen molar-refractivity contribution in [1.29, 1.82) is 0 Å². The molecular weight excluding hydrogens is 452 g/mol. The maximum Gasteiger partial charge on any atom is 0.243 e. The summed E-state index contributed by atoms with van der Waals surface area (Å²) >= 11 is 7.43. The van der Waals surface area contributed by atoms with Crippen LogP contribution in [0.2, 0.25) is 5.02 Å². The van der Waals surface area contributed by atoms with E-state index in [0.717, 1.165) is 21.6 Å². The van der Waals surface area contributed by atoms with Gasteiger partial charge in [0.05, 0.1) is 5.75 Å². The van der Waals surface area contributed by atoms with Crippen LogP contribution in [0.4, 0.5) is 0 Å². The van der Waals surface area contributed by atoms with Crippen LogP contribution >= 0.6 is 23.4 Å². The first-order chi connectivity index (χ1) is 16.0. The second-order valence-electron chi connectivity index (χ2n) is 7.79. The molecule has 0 aliphatic heterocycles. The predicted molar refractivity (Wildman–Crippen MR) is 137 cm³/mol. The lowest BCUT2D eigenvalue weighted by molar-refractivity contribution is -0.139. The van der Waals surface area contributed by atoms with Gasteiger partial charge in [0.15, 0.2) is 0 Å². The van der Waals surface area contributed by atoms with Crippen molar-refractivity contribution in [3.8, 4) is 0 Å².